The normalized spacial score (nSPS) is 15.6. The second-order valence-electron chi connectivity index (χ2n) is 4.39. The molecule has 0 fully saturated rings. The summed E-state index contributed by atoms with van der Waals surface area (Å²) in [6.45, 7) is 1.64. The van der Waals surface area contributed by atoms with E-state index in [2.05, 4.69) is 4.72 Å². The SMILES string of the molecule is C[C@@H](c1ccccc1)[C@H](CO)NS(=O)(=O)N(C)C. The predicted molar refractivity (Wildman–Crippen MR) is 71.5 cm³/mol. The lowest BCUT2D eigenvalue weighted by molar-refractivity contribution is 0.240. The van der Waals surface area contributed by atoms with Crippen LogP contribution in [0, 0.1) is 0 Å². The van der Waals surface area contributed by atoms with Crippen molar-refractivity contribution in [2.75, 3.05) is 20.7 Å². The highest BCUT2D eigenvalue weighted by Gasteiger charge is 2.24. The van der Waals surface area contributed by atoms with E-state index in [1.165, 1.54) is 14.1 Å². The third-order valence-corrected chi connectivity index (χ3v) is 4.47. The van der Waals surface area contributed by atoms with E-state index < -0.39 is 16.3 Å². The minimum absolute atomic E-state index is 0.106. The Hall–Kier alpha value is -0.950. The van der Waals surface area contributed by atoms with Crippen LogP contribution >= 0.6 is 0 Å². The molecular weight excluding hydrogens is 252 g/mol. The average Bonchev–Trinajstić information content (AvgIpc) is 2.36. The van der Waals surface area contributed by atoms with Gasteiger partial charge in [0.25, 0.3) is 10.2 Å². The van der Waals surface area contributed by atoms with Crippen molar-refractivity contribution in [3.63, 3.8) is 0 Å². The lowest BCUT2D eigenvalue weighted by atomic mass is 9.94. The van der Waals surface area contributed by atoms with Crippen molar-refractivity contribution in [3.8, 4) is 0 Å². The van der Waals surface area contributed by atoms with Gasteiger partial charge < -0.3 is 5.11 Å². The Labute approximate surface area is 109 Å². The molecule has 5 nitrogen and oxygen atoms in total. The summed E-state index contributed by atoms with van der Waals surface area (Å²) < 4.78 is 27.1. The largest absolute Gasteiger partial charge is 0.395 e. The van der Waals surface area contributed by atoms with Crippen molar-refractivity contribution in [1.29, 1.82) is 0 Å². The van der Waals surface area contributed by atoms with Gasteiger partial charge >= 0.3 is 0 Å². The highest BCUT2D eigenvalue weighted by atomic mass is 32.2. The minimum Gasteiger partial charge on any atom is -0.395 e. The van der Waals surface area contributed by atoms with Crippen molar-refractivity contribution < 1.29 is 13.5 Å². The van der Waals surface area contributed by atoms with Gasteiger partial charge in [0.05, 0.1) is 12.6 Å². The predicted octanol–water partition coefficient (Wildman–Crippen LogP) is 0.547. The molecule has 6 heteroatoms. The fourth-order valence-electron chi connectivity index (χ4n) is 1.58. The maximum absolute atomic E-state index is 11.7. The average molecular weight is 272 g/mol. The Bertz CT molecular complexity index is 459. The molecule has 1 aromatic carbocycles. The molecule has 0 aliphatic carbocycles. The second kappa shape index (κ2) is 6.29. The Morgan fingerprint density at radius 1 is 1.28 bits per heavy atom. The summed E-state index contributed by atoms with van der Waals surface area (Å²) in [5, 5.41) is 9.36. The fraction of sp³-hybridized carbons (Fsp3) is 0.500. The molecule has 0 radical (unpaired) electrons. The number of nitrogens with one attached hydrogen (secondary N) is 1. The maximum Gasteiger partial charge on any atom is 0.279 e. The molecule has 0 saturated heterocycles. The van der Waals surface area contributed by atoms with Gasteiger partial charge in [-0.3, -0.25) is 0 Å². The first-order valence-electron chi connectivity index (χ1n) is 5.74. The van der Waals surface area contributed by atoms with Crippen LogP contribution in [0.5, 0.6) is 0 Å². The summed E-state index contributed by atoms with van der Waals surface area (Å²) in [6.07, 6.45) is 0. The van der Waals surface area contributed by atoms with Crippen LogP contribution in [-0.2, 0) is 10.2 Å². The number of nitrogens with zero attached hydrogens (tertiary/aromatic N) is 1. The summed E-state index contributed by atoms with van der Waals surface area (Å²) in [5.74, 6) is -0.106. The van der Waals surface area contributed by atoms with Gasteiger partial charge in [-0.05, 0) is 11.5 Å². The number of aliphatic hydroxyl groups is 1. The van der Waals surface area contributed by atoms with Crippen molar-refractivity contribution in [1.82, 2.24) is 9.03 Å². The number of hydrogen-bond acceptors (Lipinski definition) is 3. The summed E-state index contributed by atoms with van der Waals surface area (Å²) in [7, 11) is -0.642. The van der Waals surface area contributed by atoms with Crippen LogP contribution in [0.3, 0.4) is 0 Å². The van der Waals surface area contributed by atoms with E-state index >= 15 is 0 Å². The molecule has 1 aromatic rings. The smallest absolute Gasteiger partial charge is 0.279 e. The highest BCUT2D eigenvalue weighted by molar-refractivity contribution is 7.87. The van der Waals surface area contributed by atoms with Crippen LogP contribution in [0.2, 0.25) is 0 Å². The molecule has 0 aliphatic heterocycles. The molecule has 0 saturated carbocycles. The van der Waals surface area contributed by atoms with Gasteiger partial charge in [-0.15, -0.1) is 0 Å². The van der Waals surface area contributed by atoms with Gasteiger partial charge in [-0.25, -0.2) is 0 Å². The number of rotatable bonds is 6. The third kappa shape index (κ3) is 3.78. The van der Waals surface area contributed by atoms with Gasteiger partial charge in [0.15, 0.2) is 0 Å². The van der Waals surface area contributed by atoms with E-state index in [4.69, 9.17) is 0 Å². The molecule has 0 aliphatic rings. The Balaban J connectivity index is 2.85. The Morgan fingerprint density at radius 2 is 1.83 bits per heavy atom. The number of hydrogen-bond donors (Lipinski definition) is 2. The zero-order chi connectivity index (χ0) is 13.8. The van der Waals surface area contributed by atoms with E-state index in [9.17, 15) is 13.5 Å². The van der Waals surface area contributed by atoms with Gasteiger partial charge in [0.2, 0.25) is 0 Å². The second-order valence-corrected chi connectivity index (χ2v) is 6.31. The topological polar surface area (TPSA) is 69.6 Å². The molecule has 0 bridgehead atoms. The van der Waals surface area contributed by atoms with Gasteiger partial charge in [-0.1, -0.05) is 37.3 Å². The minimum atomic E-state index is -3.54. The quantitative estimate of drug-likeness (QED) is 0.794. The molecule has 2 atom stereocenters. The number of benzene rings is 1. The summed E-state index contributed by atoms with van der Waals surface area (Å²) in [6, 6.07) is 8.96. The third-order valence-electron chi connectivity index (χ3n) is 2.91. The Morgan fingerprint density at radius 3 is 2.28 bits per heavy atom. The Kier molecular flexibility index (Phi) is 5.28. The number of aliphatic hydroxyl groups excluding tert-OH is 1. The van der Waals surface area contributed by atoms with E-state index in [0.29, 0.717) is 0 Å². The van der Waals surface area contributed by atoms with Gasteiger partial charge in [0, 0.05) is 14.1 Å². The molecule has 0 spiro atoms. The van der Waals surface area contributed by atoms with E-state index in [1.807, 2.05) is 37.3 Å². The molecular formula is C12H20N2O3S. The van der Waals surface area contributed by atoms with Crippen molar-refractivity contribution in [2.24, 2.45) is 0 Å². The van der Waals surface area contributed by atoms with Crippen LogP contribution < -0.4 is 4.72 Å². The van der Waals surface area contributed by atoms with Gasteiger partial charge in [0.1, 0.15) is 0 Å². The van der Waals surface area contributed by atoms with E-state index in [1.54, 1.807) is 0 Å². The molecule has 0 amide bonds. The monoisotopic (exact) mass is 272 g/mol. The molecule has 0 aromatic heterocycles. The first kappa shape index (κ1) is 15.1. The molecule has 0 heterocycles. The van der Waals surface area contributed by atoms with Crippen LogP contribution in [-0.4, -0.2) is 44.6 Å². The summed E-state index contributed by atoms with van der Waals surface area (Å²) in [5.41, 5.74) is 0.984. The lowest BCUT2D eigenvalue weighted by Crippen LogP contribution is -2.46. The van der Waals surface area contributed by atoms with Crippen LogP contribution in [0.25, 0.3) is 0 Å². The summed E-state index contributed by atoms with van der Waals surface area (Å²) in [4.78, 5) is 0. The van der Waals surface area contributed by atoms with Crippen LogP contribution in [0.1, 0.15) is 18.4 Å². The summed E-state index contributed by atoms with van der Waals surface area (Å²) >= 11 is 0. The van der Waals surface area contributed by atoms with Crippen molar-refractivity contribution in [3.05, 3.63) is 35.9 Å². The van der Waals surface area contributed by atoms with Crippen molar-refractivity contribution in [2.45, 2.75) is 18.9 Å². The maximum atomic E-state index is 11.7. The van der Waals surface area contributed by atoms with E-state index in [0.717, 1.165) is 9.87 Å². The highest BCUT2D eigenvalue weighted by Crippen LogP contribution is 2.19. The van der Waals surface area contributed by atoms with E-state index in [-0.39, 0.29) is 12.5 Å². The fourth-order valence-corrected chi connectivity index (χ4v) is 2.46. The first-order chi connectivity index (χ1) is 8.38. The molecule has 0 unspecified atom stereocenters. The van der Waals surface area contributed by atoms with Crippen LogP contribution in [0.15, 0.2) is 30.3 Å². The molecule has 1 rings (SSSR count). The zero-order valence-electron chi connectivity index (χ0n) is 10.9. The molecule has 2 N–H and O–H groups in total. The van der Waals surface area contributed by atoms with Crippen molar-refractivity contribution >= 4 is 10.2 Å². The molecule has 102 valence electrons. The standard InChI is InChI=1S/C12H20N2O3S/c1-10(11-7-5-4-6-8-11)12(9-15)13-18(16,17)14(2)3/h4-8,10,12-13,15H,9H2,1-3H3/t10-,12-/m0/s1. The lowest BCUT2D eigenvalue weighted by Gasteiger charge is -2.25. The van der Waals surface area contributed by atoms with Crippen LogP contribution in [0.4, 0.5) is 0 Å². The first-order valence-corrected chi connectivity index (χ1v) is 7.18. The van der Waals surface area contributed by atoms with Gasteiger partial charge in [-0.2, -0.15) is 17.4 Å². The zero-order valence-corrected chi connectivity index (χ0v) is 11.7. The molecule has 18 heavy (non-hydrogen) atoms.